The van der Waals surface area contributed by atoms with Gasteiger partial charge in [0.15, 0.2) is 0 Å². The Morgan fingerprint density at radius 3 is 1.88 bits per heavy atom. The highest BCUT2D eigenvalue weighted by Gasteiger charge is 2.38. The number of nitrogens with zero attached hydrogens (tertiary/aromatic N) is 1. The van der Waals surface area contributed by atoms with Gasteiger partial charge in [-0.25, -0.2) is 0 Å². The van der Waals surface area contributed by atoms with Gasteiger partial charge in [-0.2, -0.15) is 13.2 Å². The van der Waals surface area contributed by atoms with E-state index in [1.807, 2.05) is 36.4 Å². The molecule has 0 N–H and O–H groups in total. The molecule has 0 aromatic heterocycles. The molecule has 7 rings (SSSR count). The van der Waals surface area contributed by atoms with Crippen LogP contribution >= 0.6 is 0 Å². The van der Waals surface area contributed by atoms with Gasteiger partial charge in [0.1, 0.15) is 0 Å². The second-order valence-electron chi connectivity index (χ2n) is 11.4. The third kappa shape index (κ3) is 3.85. The molecule has 0 bridgehead atoms. The van der Waals surface area contributed by atoms with Crippen LogP contribution in [0.15, 0.2) is 115 Å². The molecule has 0 fully saturated rings. The van der Waals surface area contributed by atoms with E-state index in [2.05, 4.69) is 68.1 Å². The normalized spacial score (nSPS) is 13.8. The molecule has 0 amide bonds. The van der Waals surface area contributed by atoms with Crippen molar-refractivity contribution in [3.05, 3.63) is 138 Å². The van der Waals surface area contributed by atoms with E-state index in [-0.39, 0.29) is 10.8 Å². The number of hydrogen-bond acceptors (Lipinski definition) is 1. The SMILES string of the molecule is Cc1ccc2c(c1)C(C)(C)c1cc(N(c3ccccc3)c3ccc(C(F)(F)F)c4ccccc34)c3ccccc3c1-2. The molecule has 6 aromatic rings. The number of hydrogen-bond donors (Lipinski definition) is 0. The van der Waals surface area contributed by atoms with Crippen molar-refractivity contribution in [1.82, 2.24) is 0 Å². The lowest BCUT2D eigenvalue weighted by molar-refractivity contribution is -0.136. The van der Waals surface area contributed by atoms with Gasteiger partial charge in [0.2, 0.25) is 0 Å². The molecule has 0 aliphatic heterocycles. The molecular formula is C37H28F3N. The summed E-state index contributed by atoms with van der Waals surface area (Å²) in [5.74, 6) is 0. The van der Waals surface area contributed by atoms with E-state index in [0.717, 1.165) is 22.1 Å². The first-order valence-corrected chi connectivity index (χ1v) is 13.8. The lowest BCUT2D eigenvalue weighted by Gasteiger charge is -2.31. The van der Waals surface area contributed by atoms with Gasteiger partial charge in [-0.1, -0.05) is 104 Å². The molecule has 0 unspecified atom stereocenters. The van der Waals surface area contributed by atoms with Crippen LogP contribution in [0.3, 0.4) is 0 Å². The summed E-state index contributed by atoms with van der Waals surface area (Å²) in [6.45, 7) is 6.64. The number of para-hydroxylation sites is 1. The summed E-state index contributed by atoms with van der Waals surface area (Å²) in [7, 11) is 0. The van der Waals surface area contributed by atoms with Crippen LogP contribution < -0.4 is 4.90 Å². The molecular weight excluding hydrogens is 515 g/mol. The number of aryl methyl sites for hydroxylation is 1. The van der Waals surface area contributed by atoms with Gasteiger partial charge in [0.05, 0.1) is 16.9 Å². The van der Waals surface area contributed by atoms with Gasteiger partial charge in [-0.05, 0) is 70.3 Å². The first-order valence-electron chi connectivity index (χ1n) is 13.8. The standard InChI is InChI=1S/C37H28F3N/c1-23-17-18-29-31(21-23)36(2,3)32-22-34(27-15-9-10-16-28(27)35(29)32)41(24-11-5-4-6-12-24)33-20-19-30(37(38,39)40)25-13-7-8-14-26(25)33/h4-22H,1-3H3. The molecule has 0 radical (unpaired) electrons. The molecule has 41 heavy (non-hydrogen) atoms. The minimum atomic E-state index is -4.45. The number of rotatable bonds is 3. The van der Waals surface area contributed by atoms with Crippen LogP contribution in [0.1, 0.15) is 36.1 Å². The highest BCUT2D eigenvalue weighted by Crippen LogP contribution is 2.55. The monoisotopic (exact) mass is 543 g/mol. The lowest BCUT2D eigenvalue weighted by Crippen LogP contribution is -2.17. The van der Waals surface area contributed by atoms with Crippen LogP contribution in [0.4, 0.5) is 30.2 Å². The first-order chi connectivity index (χ1) is 19.7. The van der Waals surface area contributed by atoms with Crippen molar-refractivity contribution in [1.29, 1.82) is 0 Å². The Balaban J connectivity index is 1.59. The van der Waals surface area contributed by atoms with Crippen LogP contribution in [0.5, 0.6) is 0 Å². The van der Waals surface area contributed by atoms with E-state index in [0.29, 0.717) is 11.1 Å². The van der Waals surface area contributed by atoms with Crippen molar-refractivity contribution in [2.45, 2.75) is 32.4 Å². The number of benzene rings is 6. The molecule has 1 nitrogen and oxygen atoms in total. The van der Waals surface area contributed by atoms with Crippen LogP contribution in [0, 0.1) is 6.92 Å². The summed E-state index contributed by atoms with van der Waals surface area (Å²) >= 11 is 0. The van der Waals surface area contributed by atoms with Crippen molar-refractivity contribution in [3.63, 3.8) is 0 Å². The highest BCUT2D eigenvalue weighted by atomic mass is 19.4. The topological polar surface area (TPSA) is 3.24 Å². The Morgan fingerprint density at radius 1 is 0.585 bits per heavy atom. The van der Waals surface area contributed by atoms with Gasteiger partial charge in [0, 0.05) is 21.9 Å². The van der Waals surface area contributed by atoms with Crippen LogP contribution in [0.2, 0.25) is 0 Å². The lowest BCUT2D eigenvalue weighted by atomic mass is 9.81. The van der Waals surface area contributed by atoms with E-state index >= 15 is 0 Å². The maximum Gasteiger partial charge on any atom is 0.417 e. The summed E-state index contributed by atoms with van der Waals surface area (Å²) < 4.78 is 42.3. The average molecular weight is 544 g/mol. The summed E-state index contributed by atoms with van der Waals surface area (Å²) in [4.78, 5) is 2.12. The molecule has 0 spiro atoms. The predicted octanol–water partition coefficient (Wildman–Crippen LogP) is 11.1. The largest absolute Gasteiger partial charge is 0.417 e. The maximum atomic E-state index is 14.1. The molecule has 0 heterocycles. The Hall–Kier alpha value is -4.57. The Morgan fingerprint density at radius 2 is 1.20 bits per heavy atom. The Kier molecular flexibility index (Phi) is 5.56. The van der Waals surface area contributed by atoms with Gasteiger partial charge in [-0.15, -0.1) is 0 Å². The smallest absolute Gasteiger partial charge is 0.309 e. The third-order valence-corrected chi connectivity index (χ3v) is 8.52. The van der Waals surface area contributed by atoms with Gasteiger partial charge in [0.25, 0.3) is 0 Å². The second-order valence-corrected chi connectivity index (χ2v) is 11.4. The van der Waals surface area contributed by atoms with Crippen molar-refractivity contribution in [3.8, 4) is 11.1 Å². The first kappa shape index (κ1) is 25.4. The fourth-order valence-corrected chi connectivity index (χ4v) is 6.57. The van der Waals surface area contributed by atoms with Gasteiger partial charge < -0.3 is 4.90 Å². The van der Waals surface area contributed by atoms with Crippen LogP contribution in [-0.2, 0) is 11.6 Å². The molecule has 1 aliphatic carbocycles. The summed E-state index contributed by atoms with van der Waals surface area (Å²) in [6, 6.07) is 36.9. The highest BCUT2D eigenvalue weighted by molar-refractivity contribution is 6.11. The van der Waals surface area contributed by atoms with Crippen molar-refractivity contribution in [2.24, 2.45) is 0 Å². The Labute approximate surface area is 237 Å². The average Bonchev–Trinajstić information content (AvgIpc) is 3.19. The molecule has 0 atom stereocenters. The number of alkyl halides is 3. The predicted molar refractivity (Wildman–Crippen MR) is 163 cm³/mol. The quantitative estimate of drug-likeness (QED) is 0.215. The molecule has 6 aromatic carbocycles. The van der Waals surface area contributed by atoms with Crippen molar-refractivity contribution >= 4 is 38.6 Å². The zero-order valence-electron chi connectivity index (χ0n) is 23.1. The fourth-order valence-electron chi connectivity index (χ4n) is 6.57. The third-order valence-electron chi connectivity index (χ3n) is 8.52. The van der Waals surface area contributed by atoms with E-state index in [1.54, 1.807) is 30.3 Å². The zero-order valence-corrected chi connectivity index (χ0v) is 23.1. The van der Waals surface area contributed by atoms with E-state index in [9.17, 15) is 13.2 Å². The number of halogens is 3. The summed E-state index contributed by atoms with van der Waals surface area (Å²) in [5.41, 5.74) is 7.84. The second kappa shape index (κ2) is 8.97. The van der Waals surface area contributed by atoms with Crippen molar-refractivity contribution in [2.75, 3.05) is 4.90 Å². The minimum Gasteiger partial charge on any atom is -0.309 e. The van der Waals surface area contributed by atoms with Gasteiger partial charge >= 0.3 is 6.18 Å². The molecule has 1 aliphatic rings. The number of fused-ring (bicyclic) bond motifs is 6. The molecule has 202 valence electrons. The van der Waals surface area contributed by atoms with Crippen LogP contribution in [0.25, 0.3) is 32.7 Å². The molecule has 0 saturated carbocycles. The fraction of sp³-hybridized carbons (Fsp3) is 0.135. The van der Waals surface area contributed by atoms with E-state index < -0.39 is 11.7 Å². The zero-order chi connectivity index (χ0) is 28.5. The number of anilines is 3. The molecule has 4 heteroatoms. The van der Waals surface area contributed by atoms with E-state index in [1.165, 1.54) is 33.9 Å². The summed E-state index contributed by atoms with van der Waals surface area (Å²) in [5, 5.41) is 2.91. The minimum absolute atomic E-state index is 0.187. The maximum absolute atomic E-state index is 14.1. The van der Waals surface area contributed by atoms with Crippen molar-refractivity contribution < 1.29 is 13.2 Å². The Bertz CT molecular complexity index is 1970. The van der Waals surface area contributed by atoms with Crippen LogP contribution in [-0.4, -0.2) is 0 Å². The summed E-state index contributed by atoms with van der Waals surface area (Å²) in [6.07, 6.45) is -4.45. The van der Waals surface area contributed by atoms with E-state index in [4.69, 9.17) is 0 Å². The van der Waals surface area contributed by atoms with Gasteiger partial charge in [-0.3, -0.25) is 0 Å². The molecule has 0 saturated heterocycles.